The highest BCUT2D eigenvalue weighted by atomic mass is 35.5. The van der Waals surface area contributed by atoms with E-state index >= 15 is 0 Å². The number of carbonyl (C=O) groups is 2. The van der Waals surface area contributed by atoms with Crippen molar-refractivity contribution in [2.75, 3.05) is 13.7 Å². The number of hydrogen-bond acceptors (Lipinski definition) is 3. The minimum absolute atomic E-state index is 0.0151. The van der Waals surface area contributed by atoms with Crippen molar-refractivity contribution >= 4 is 23.4 Å². The summed E-state index contributed by atoms with van der Waals surface area (Å²) >= 11 is 5.88. The van der Waals surface area contributed by atoms with Crippen LogP contribution in [0.1, 0.15) is 23.5 Å². The summed E-state index contributed by atoms with van der Waals surface area (Å²) in [5.41, 5.74) is 2.08. The van der Waals surface area contributed by atoms with Crippen LogP contribution in [0.15, 0.2) is 48.5 Å². The fourth-order valence-corrected chi connectivity index (χ4v) is 2.99. The molecule has 5 nitrogen and oxygen atoms in total. The Hall–Kier alpha value is -2.53. The third-order valence-corrected chi connectivity index (χ3v) is 4.75. The van der Waals surface area contributed by atoms with E-state index in [-0.39, 0.29) is 30.2 Å². The summed E-state index contributed by atoms with van der Waals surface area (Å²) < 4.78 is 5.09. The molecule has 6 heteroatoms. The molecule has 26 heavy (non-hydrogen) atoms. The molecular formula is C20H21ClN2O3. The van der Waals surface area contributed by atoms with Crippen molar-refractivity contribution in [3.8, 4) is 5.75 Å². The number of amides is 2. The van der Waals surface area contributed by atoms with Crippen molar-refractivity contribution in [1.82, 2.24) is 10.6 Å². The Balaban J connectivity index is 1.39. The maximum atomic E-state index is 12.2. The topological polar surface area (TPSA) is 67.4 Å². The Morgan fingerprint density at radius 3 is 2.42 bits per heavy atom. The van der Waals surface area contributed by atoms with Crippen LogP contribution in [0.2, 0.25) is 5.02 Å². The van der Waals surface area contributed by atoms with E-state index in [2.05, 4.69) is 10.6 Å². The van der Waals surface area contributed by atoms with Gasteiger partial charge in [0.1, 0.15) is 5.75 Å². The van der Waals surface area contributed by atoms with Crippen LogP contribution in [0.25, 0.3) is 0 Å². The number of methoxy groups -OCH3 is 1. The number of rotatable bonds is 7. The van der Waals surface area contributed by atoms with Crippen LogP contribution >= 0.6 is 11.6 Å². The van der Waals surface area contributed by atoms with Crippen molar-refractivity contribution in [2.45, 2.75) is 18.9 Å². The predicted molar refractivity (Wildman–Crippen MR) is 100 cm³/mol. The van der Waals surface area contributed by atoms with Crippen LogP contribution in [-0.2, 0) is 16.1 Å². The Bertz CT molecular complexity index is 775. The van der Waals surface area contributed by atoms with Gasteiger partial charge in [0.15, 0.2) is 0 Å². The molecule has 2 aromatic carbocycles. The lowest BCUT2D eigenvalue weighted by Crippen LogP contribution is -2.37. The molecule has 1 aliphatic rings. The first-order chi connectivity index (χ1) is 12.6. The first kappa shape index (κ1) is 18.3. The van der Waals surface area contributed by atoms with Gasteiger partial charge in [-0.2, -0.15) is 0 Å². The number of benzene rings is 2. The molecule has 2 N–H and O–H groups in total. The second-order valence-corrected chi connectivity index (χ2v) is 6.78. The van der Waals surface area contributed by atoms with E-state index in [1.54, 1.807) is 7.11 Å². The van der Waals surface area contributed by atoms with E-state index < -0.39 is 0 Å². The second-order valence-electron chi connectivity index (χ2n) is 6.34. The highest BCUT2D eigenvalue weighted by Gasteiger charge is 2.43. The molecule has 2 amide bonds. The molecule has 2 aromatic rings. The molecule has 1 fully saturated rings. The monoisotopic (exact) mass is 372 g/mol. The summed E-state index contributed by atoms with van der Waals surface area (Å²) in [4.78, 5) is 24.1. The molecule has 0 heterocycles. The van der Waals surface area contributed by atoms with E-state index in [4.69, 9.17) is 16.3 Å². The molecule has 2 atom stereocenters. The van der Waals surface area contributed by atoms with Gasteiger partial charge in [-0.1, -0.05) is 35.9 Å². The summed E-state index contributed by atoms with van der Waals surface area (Å²) in [6.45, 7) is 0.397. The normalized spacial score (nSPS) is 18.1. The van der Waals surface area contributed by atoms with Crippen molar-refractivity contribution in [3.63, 3.8) is 0 Å². The molecule has 3 rings (SSSR count). The average Bonchev–Trinajstić information content (AvgIpc) is 3.46. The summed E-state index contributed by atoms with van der Waals surface area (Å²) in [5.74, 6) is 0.634. The molecule has 0 spiro atoms. The summed E-state index contributed by atoms with van der Waals surface area (Å²) in [6, 6.07) is 15.0. The van der Waals surface area contributed by atoms with Crippen molar-refractivity contribution < 1.29 is 14.3 Å². The van der Waals surface area contributed by atoms with Crippen LogP contribution in [0.3, 0.4) is 0 Å². The average molecular weight is 373 g/mol. The minimum atomic E-state index is -0.210. The first-order valence-electron chi connectivity index (χ1n) is 8.49. The lowest BCUT2D eigenvalue weighted by Gasteiger charge is -2.08. The van der Waals surface area contributed by atoms with Gasteiger partial charge in [-0.3, -0.25) is 9.59 Å². The number of ether oxygens (including phenoxy) is 1. The molecule has 0 bridgehead atoms. The molecule has 2 unspecified atom stereocenters. The molecule has 0 aliphatic heterocycles. The third kappa shape index (κ3) is 4.76. The first-order valence-corrected chi connectivity index (χ1v) is 8.87. The molecule has 0 saturated heterocycles. The van der Waals surface area contributed by atoms with Crippen LogP contribution in [0.4, 0.5) is 0 Å². The van der Waals surface area contributed by atoms with Crippen LogP contribution in [0, 0.1) is 5.92 Å². The fourth-order valence-electron chi connectivity index (χ4n) is 2.87. The molecule has 0 radical (unpaired) electrons. The van der Waals surface area contributed by atoms with Crippen molar-refractivity contribution in [2.24, 2.45) is 5.92 Å². The Kier molecular flexibility index (Phi) is 5.78. The smallest absolute Gasteiger partial charge is 0.239 e. The highest BCUT2D eigenvalue weighted by Crippen LogP contribution is 2.47. The van der Waals surface area contributed by atoms with E-state index in [9.17, 15) is 9.59 Å². The SMILES string of the molecule is COc1ccc(CNC(=O)CNC(=O)C2CC2c2ccc(Cl)cc2)cc1. The zero-order chi connectivity index (χ0) is 18.5. The van der Waals surface area contributed by atoms with Gasteiger partial charge in [0, 0.05) is 17.5 Å². The Morgan fingerprint density at radius 1 is 1.08 bits per heavy atom. The van der Waals surface area contributed by atoms with Gasteiger partial charge in [-0.25, -0.2) is 0 Å². The predicted octanol–water partition coefficient (Wildman–Crippen LogP) is 2.88. The zero-order valence-corrected chi connectivity index (χ0v) is 15.3. The summed E-state index contributed by atoms with van der Waals surface area (Å²) in [6.07, 6.45) is 0.806. The Morgan fingerprint density at radius 2 is 1.77 bits per heavy atom. The maximum absolute atomic E-state index is 12.2. The van der Waals surface area contributed by atoms with Crippen molar-refractivity contribution in [3.05, 3.63) is 64.7 Å². The van der Waals surface area contributed by atoms with E-state index in [0.717, 1.165) is 23.3 Å². The van der Waals surface area contributed by atoms with E-state index in [1.165, 1.54) is 0 Å². The highest BCUT2D eigenvalue weighted by molar-refractivity contribution is 6.30. The van der Waals surface area contributed by atoms with Gasteiger partial charge in [0.05, 0.1) is 13.7 Å². The van der Waals surface area contributed by atoms with Gasteiger partial charge in [-0.15, -0.1) is 0 Å². The second kappa shape index (κ2) is 8.23. The molecule has 1 saturated carbocycles. The largest absolute Gasteiger partial charge is 0.497 e. The minimum Gasteiger partial charge on any atom is -0.497 e. The quantitative estimate of drug-likeness (QED) is 0.785. The van der Waals surface area contributed by atoms with Crippen molar-refractivity contribution in [1.29, 1.82) is 0 Å². The standard InChI is InChI=1S/C20H21ClN2O3/c1-26-16-8-2-13(3-9-16)11-22-19(24)12-23-20(25)18-10-17(18)14-4-6-15(21)7-5-14/h2-9,17-18H,10-12H2,1H3,(H,22,24)(H,23,25). The lowest BCUT2D eigenvalue weighted by atomic mass is 10.1. The van der Waals surface area contributed by atoms with E-state index in [1.807, 2.05) is 48.5 Å². The summed E-state index contributed by atoms with van der Waals surface area (Å²) in [7, 11) is 1.61. The number of nitrogens with one attached hydrogen (secondary N) is 2. The van der Waals surface area contributed by atoms with Crippen LogP contribution in [0.5, 0.6) is 5.75 Å². The number of hydrogen-bond donors (Lipinski definition) is 2. The van der Waals surface area contributed by atoms with Gasteiger partial charge < -0.3 is 15.4 Å². The van der Waals surface area contributed by atoms with Gasteiger partial charge >= 0.3 is 0 Å². The molecule has 0 aromatic heterocycles. The third-order valence-electron chi connectivity index (χ3n) is 4.50. The molecule has 136 valence electrons. The Labute approximate surface area is 157 Å². The fraction of sp³-hybridized carbons (Fsp3) is 0.300. The van der Waals surface area contributed by atoms with Crippen LogP contribution < -0.4 is 15.4 Å². The van der Waals surface area contributed by atoms with Gasteiger partial charge in [0.25, 0.3) is 0 Å². The zero-order valence-electron chi connectivity index (χ0n) is 14.5. The van der Waals surface area contributed by atoms with Gasteiger partial charge in [0.2, 0.25) is 11.8 Å². The van der Waals surface area contributed by atoms with E-state index in [0.29, 0.717) is 11.6 Å². The maximum Gasteiger partial charge on any atom is 0.239 e. The molecule has 1 aliphatic carbocycles. The number of carbonyl (C=O) groups excluding carboxylic acids is 2. The van der Waals surface area contributed by atoms with Crippen LogP contribution in [-0.4, -0.2) is 25.5 Å². The summed E-state index contributed by atoms with van der Waals surface area (Å²) in [5, 5.41) is 6.19. The molecular weight excluding hydrogens is 352 g/mol. The lowest BCUT2D eigenvalue weighted by molar-refractivity contribution is -0.126. The number of halogens is 1. The van der Waals surface area contributed by atoms with Gasteiger partial charge in [-0.05, 0) is 47.7 Å².